The summed E-state index contributed by atoms with van der Waals surface area (Å²) < 4.78 is 5.58. The molecule has 0 N–H and O–H groups in total. The summed E-state index contributed by atoms with van der Waals surface area (Å²) >= 11 is 0. The van der Waals surface area contributed by atoms with Crippen LogP contribution in [0.5, 0.6) is 0 Å². The Balaban J connectivity index is 2.67. The first-order valence-corrected chi connectivity index (χ1v) is 5.75. The van der Waals surface area contributed by atoms with Gasteiger partial charge in [-0.3, -0.25) is 4.79 Å². The van der Waals surface area contributed by atoms with Crippen LogP contribution in [0.1, 0.15) is 41.0 Å². The average Bonchev–Trinajstić information content (AvgIpc) is 2.08. The van der Waals surface area contributed by atoms with Crippen LogP contribution in [0.4, 0.5) is 0 Å². The predicted molar refractivity (Wildman–Crippen MR) is 60.7 cm³/mol. The van der Waals surface area contributed by atoms with Crippen molar-refractivity contribution in [1.82, 2.24) is 4.90 Å². The van der Waals surface area contributed by atoms with Gasteiger partial charge in [0, 0.05) is 13.0 Å². The van der Waals surface area contributed by atoms with Crippen molar-refractivity contribution in [2.24, 2.45) is 5.92 Å². The molecule has 1 saturated heterocycles. The van der Waals surface area contributed by atoms with E-state index in [0.717, 1.165) is 6.54 Å². The van der Waals surface area contributed by atoms with Gasteiger partial charge < -0.3 is 9.64 Å². The van der Waals surface area contributed by atoms with E-state index in [1.165, 1.54) is 0 Å². The monoisotopic (exact) mass is 213 g/mol. The Bertz CT molecular complexity index is 236. The van der Waals surface area contributed by atoms with E-state index in [-0.39, 0.29) is 17.6 Å². The highest BCUT2D eigenvalue weighted by atomic mass is 16.5. The van der Waals surface area contributed by atoms with E-state index in [9.17, 15) is 4.79 Å². The Morgan fingerprint density at radius 3 is 2.67 bits per heavy atom. The lowest BCUT2D eigenvalue weighted by Crippen LogP contribution is -2.57. The number of carbonyl (C=O) groups is 1. The van der Waals surface area contributed by atoms with Crippen molar-refractivity contribution < 1.29 is 9.53 Å². The third-order valence-corrected chi connectivity index (χ3v) is 2.78. The Labute approximate surface area is 92.8 Å². The first kappa shape index (κ1) is 12.5. The highest BCUT2D eigenvalue weighted by molar-refractivity contribution is 5.77. The van der Waals surface area contributed by atoms with Crippen LogP contribution in [0.15, 0.2) is 0 Å². The van der Waals surface area contributed by atoms with Crippen molar-refractivity contribution in [3.63, 3.8) is 0 Å². The fraction of sp³-hybridized carbons (Fsp3) is 0.917. The second-order valence-electron chi connectivity index (χ2n) is 5.54. The van der Waals surface area contributed by atoms with Gasteiger partial charge in [0.1, 0.15) is 0 Å². The Morgan fingerprint density at radius 2 is 2.13 bits per heavy atom. The molecule has 0 spiro atoms. The van der Waals surface area contributed by atoms with Crippen molar-refractivity contribution in [3.8, 4) is 0 Å². The molecule has 0 saturated carbocycles. The molecule has 3 nitrogen and oxygen atoms in total. The number of amides is 1. The molecule has 0 bridgehead atoms. The number of rotatable bonds is 2. The van der Waals surface area contributed by atoms with Gasteiger partial charge in [-0.2, -0.15) is 0 Å². The smallest absolute Gasteiger partial charge is 0.223 e. The predicted octanol–water partition coefficient (Wildman–Crippen LogP) is 2.06. The van der Waals surface area contributed by atoms with Gasteiger partial charge in [0.25, 0.3) is 0 Å². The number of hydrogen-bond acceptors (Lipinski definition) is 2. The zero-order chi connectivity index (χ0) is 11.6. The van der Waals surface area contributed by atoms with Gasteiger partial charge in [-0.1, -0.05) is 13.8 Å². The Morgan fingerprint density at radius 1 is 1.53 bits per heavy atom. The molecular formula is C12H23NO2. The Kier molecular flexibility index (Phi) is 3.77. The number of hydrogen-bond donors (Lipinski definition) is 0. The van der Waals surface area contributed by atoms with Crippen molar-refractivity contribution in [2.75, 3.05) is 13.2 Å². The zero-order valence-corrected chi connectivity index (χ0v) is 10.5. The van der Waals surface area contributed by atoms with E-state index in [4.69, 9.17) is 4.74 Å². The van der Waals surface area contributed by atoms with Crippen LogP contribution in [0.3, 0.4) is 0 Å². The first-order chi connectivity index (χ1) is 6.83. The maximum absolute atomic E-state index is 12.0. The summed E-state index contributed by atoms with van der Waals surface area (Å²) in [4.78, 5) is 14.0. The van der Waals surface area contributed by atoms with Gasteiger partial charge in [-0.05, 0) is 26.7 Å². The SMILES string of the molecule is CC(C)CC(=O)N1CC(C)OCC1(C)C. The molecule has 0 aliphatic carbocycles. The minimum absolute atomic E-state index is 0.154. The van der Waals surface area contributed by atoms with Crippen LogP contribution >= 0.6 is 0 Å². The highest BCUT2D eigenvalue weighted by Gasteiger charge is 2.36. The van der Waals surface area contributed by atoms with E-state index in [2.05, 4.69) is 27.7 Å². The summed E-state index contributed by atoms with van der Waals surface area (Å²) in [5, 5.41) is 0. The van der Waals surface area contributed by atoms with Crippen molar-refractivity contribution in [3.05, 3.63) is 0 Å². The third kappa shape index (κ3) is 3.20. The van der Waals surface area contributed by atoms with Gasteiger partial charge in [-0.25, -0.2) is 0 Å². The number of carbonyl (C=O) groups excluding carboxylic acids is 1. The third-order valence-electron chi connectivity index (χ3n) is 2.78. The Hall–Kier alpha value is -0.570. The van der Waals surface area contributed by atoms with E-state index in [1.807, 2.05) is 11.8 Å². The molecule has 0 aromatic heterocycles. The van der Waals surface area contributed by atoms with E-state index in [1.54, 1.807) is 0 Å². The quantitative estimate of drug-likeness (QED) is 0.702. The van der Waals surface area contributed by atoms with Gasteiger partial charge in [0.2, 0.25) is 5.91 Å². The van der Waals surface area contributed by atoms with Crippen LogP contribution < -0.4 is 0 Å². The molecule has 0 aromatic carbocycles. The topological polar surface area (TPSA) is 29.5 Å². The maximum atomic E-state index is 12.0. The molecule has 1 atom stereocenters. The standard InChI is InChI=1S/C12H23NO2/c1-9(2)6-11(14)13-7-10(3)15-8-12(13,4)5/h9-10H,6-8H2,1-5H3. The molecule has 0 aromatic rings. The number of ether oxygens (including phenoxy) is 1. The highest BCUT2D eigenvalue weighted by Crippen LogP contribution is 2.23. The zero-order valence-electron chi connectivity index (χ0n) is 10.5. The van der Waals surface area contributed by atoms with E-state index in [0.29, 0.717) is 18.9 Å². The van der Waals surface area contributed by atoms with Crippen LogP contribution in [0.25, 0.3) is 0 Å². The molecule has 1 rings (SSSR count). The minimum atomic E-state index is -0.154. The molecule has 0 radical (unpaired) electrons. The second-order valence-corrected chi connectivity index (χ2v) is 5.54. The maximum Gasteiger partial charge on any atom is 0.223 e. The minimum Gasteiger partial charge on any atom is -0.374 e. The molecule has 1 unspecified atom stereocenters. The lowest BCUT2D eigenvalue weighted by molar-refractivity contribution is -0.153. The lowest BCUT2D eigenvalue weighted by atomic mass is 9.99. The van der Waals surface area contributed by atoms with Crippen molar-refractivity contribution in [2.45, 2.75) is 52.7 Å². The normalized spacial score (nSPS) is 25.7. The van der Waals surface area contributed by atoms with Crippen LogP contribution in [0, 0.1) is 5.92 Å². The summed E-state index contributed by atoms with van der Waals surface area (Å²) in [6, 6.07) is 0. The van der Waals surface area contributed by atoms with Crippen molar-refractivity contribution >= 4 is 5.91 Å². The largest absolute Gasteiger partial charge is 0.374 e. The molecule has 1 aliphatic heterocycles. The van der Waals surface area contributed by atoms with E-state index >= 15 is 0 Å². The molecule has 15 heavy (non-hydrogen) atoms. The summed E-state index contributed by atoms with van der Waals surface area (Å²) in [6.07, 6.45) is 0.796. The summed E-state index contributed by atoms with van der Waals surface area (Å²) in [6.45, 7) is 11.7. The summed E-state index contributed by atoms with van der Waals surface area (Å²) in [5.41, 5.74) is -0.154. The molecule has 3 heteroatoms. The summed E-state index contributed by atoms with van der Waals surface area (Å²) in [5.74, 6) is 0.677. The second kappa shape index (κ2) is 4.52. The first-order valence-electron chi connectivity index (χ1n) is 5.75. The van der Waals surface area contributed by atoms with Gasteiger partial charge in [-0.15, -0.1) is 0 Å². The van der Waals surface area contributed by atoms with Crippen LogP contribution in [0.2, 0.25) is 0 Å². The van der Waals surface area contributed by atoms with Gasteiger partial charge in [0.05, 0.1) is 18.2 Å². The van der Waals surface area contributed by atoms with E-state index < -0.39 is 0 Å². The average molecular weight is 213 g/mol. The molecular weight excluding hydrogens is 190 g/mol. The molecule has 1 amide bonds. The van der Waals surface area contributed by atoms with Crippen molar-refractivity contribution in [1.29, 1.82) is 0 Å². The molecule has 1 aliphatic rings. The molecule has 88 valence electrons. The van der Waals surface area contributed by atoms with Gasteiger partial charge >= 0.3 is 0 Å². The fourth-order valence-corrected chi connectivity index (χ4v) is 1.88. The number of nitrogens with zero attached hydrogens (tertiary/aromatic N) is 1. The van der Waals surface area contributed by atoms with Crippen LogP contribution in [-0.4, -0.2) is 35.6 Å². The molecule has 1 fully saturated rings. The fourth-order valence-electron chi connectivity index (χ4n) is 1.88. The lowest BCUT2D eigenvalue weighted by Gasteiger charge is -2.45. The van der Waals surface area contributed by atoms with Crippen LogP contribution in [-0.2, 0) is 9.53 Å². The summed E-state index contributed by atoms with van der Waals surface area (Å²) in [7, 11) is 0. The number of morpholine rings is 1. The van der Waals surface area contributed by atoms with Gasteiger partial charge in [0.15, 0.2) is 0 Å². The molecule has 1 heterocycles.